The van der Waals surface area contributed by atoms with Crippen molar-refractivity contribution in [2.24, 2.45) is 0 Å². The second-order valence-corrected chi connectivity index (χ2v) is 30.2. The summed E-state index contributed by atoms with van der Waals surface area (Å²) in [7, 11) is 0. The van der Waals surface area contributed by atoms with Gasteiger partial charge in [0.25, 0.3) is 6.71 Å². The SMILES string of the molecule is CC(C)(C)c1cc2c3c(c1)-n1c4ccc(C(C)(C)C)cc4c4cc(C(C)(C)C)cc(c41)N3c1cc(C#N)cc3c1B2c1ccc(-n2c4ccc(C(C)(C)C)cc4c4cc(C(C)(C)C)ccc42)cc1N3c1ccc2c(c1)sc1ccccc12. The first-order valence-corrected chi connectivity index (χ1v) is 30.2. The highest BCUT2D eigenvalue weighted by Crippen LogP contribution is 2.55. The summed E-state index contributed by atoms with van der Waals surface area (Å²) in [5.41, 5.74) is 24.2. The van der Waals surface area contributed by atoms with E-state index >= 15 is 0 Å². The normalized spacial score (nSPS) is 14.2. The number of nitrogens with zero attached hydrogens (tertiary/aromatic N) is 5. The minimum absolute atomic E-state index is 0.0210. The Bertz CT molecular complexity index is 4790. The number of fused-ring (bicyclic) bond motifs is 15. The average Bonchev–Trinajstić information content (AvgIpc) is 1.32. The van der Waals surface area contributed by atoms with E-state index in [-0.39, 0.29) is 33.8 Å². The molecule has 7 heteroatoms. The van der Waals surface area contributed by atoms with Crippen LogP contribution in [0.3, 0.4) is 0 Å². The Labute approximate surface area is 487 Å². The highest BCUT2D eigenvalue weighted by molar-refractivity contribution is 7.25. The predicted molar refractivity (Wildman–Crippen MR) is 354 cm³/mol. The molecular formula is C75H70BN5S. The predicted octanol–water partition coefficient (Wildman–Crippen LogP) is 19.0. The van der Waals surface area contributed by atoms with Crippen LogP contribution in [0.15, 0.2) is 152 Å². The lowest BCUT2D eigenvalue weighted by Crippen LogP contribution is -2.62. The second kappa shape index (κ2) is 16.6. The van der Waals surface area contributed by atoms with E-state index in [4.69, 9.17) is 0 Å². The number of nitriles is 1. The average molecular weight is 1080 g/mol. The van der Waals surface area contributed by atoms with Crippen LogP contribution in [-0.2, 0) is 27.1 Å². The van der Waals surface area contributed by atoms with Gasteiger partial charge in [-0.1, -0.05) is 158 Å². The molecule has 404 valence electrons. The van der Waals surface area contributed by atoms with Crippen molar-refractivity contribution in [3.05, 3.63) is 185 Å². The van der Waals surface area contributed by atoms with E-state index in [2.05, 4.69) is 281 Å². The molecule has 3 aliphatic rings. The molecule has 0 fully saturated rings. The molecule has 0 bridgehead atoms. The maximum Gasteiger partial charge on any atom is 0.252 e. The van der Waals surface area contributed by atoms with Crippen molar-refractivity contribution in [3.8, 4) is 17.4 Å². The Morgan fingerprint density at radius 2 is 0.890 bits per heavy atom. The largest absolute Gasteiger partial charge is 0.311 e. The zero-order valence-corrected chi connectivity index (χ0v) is 51.0. The zero-order chi connectivity index (χ0) is 57.2. The molecule has 5 nitrogen and oxygen atoms in total. The molecule has 15 rings (SSSR count). The zero-order valence-electron chi connectivity index (χ0n) is 50.2. The fraction of sp³-hybridized carbons (Fsp3) is 0.267. The van der Waals surface area contributed by atoms with E-state index in [0.717, 1.165) is 34.1 Å². The summed E-state index contributed by atoms with van der Waals surface area (Å²) >= 11 is 1.85. The standard InChI is InChI=1S/C75H70BN5S/c1-71(2,3)43-20-27-58-52(32-43)53-33-44(72(4,5)6)21-28-59(53)78(58)48-24-26-56-61(39-48)79(49-23-25-51-50-18-16-17-19-66(50)82-67(51)40-49)62-30-42(41-77)31-63-68(62)76(56)57-36-47(75(13,14)15)38-65-70(57)81(63)64-37-46(74(10,11)12)35-55-54-34-45(73(7,8)9)22-29-60(54)80(65)69(55)64/h16-40H,1-15H3. The van der Waals surface area contributed by atoms with E-state index in [0.29, 0.717) is 5.56 Å². The summed E-state index contributed by atoms with van der Waals surface area (Å²) in [5.74, 6) is 0. The summed E-state index contributed by atoms with van der Waals surface area (Å²) in [5, 5.41) is 19.0. The molecule has 0 saturated heterocycles. The fourth-order valence-electron chi connectivity index (χ4n) is 14.0. The van der Waals surface area contributed by atoms with Gasteiger partial charge in [0.2, 0.25) is 0 Å². The molecule has 0 amide bonds. The van der Waals surface area contributed by atoms with Crippen molar-refractivity contribution >= 4 is 132 Å². The maximum atomic E-state index is 11.4. The quantitative estimate of drug-likeness (QED) is 0.162. The number of aromatic nitrogens is 2. The van der Waals surface area contributed by atoms with Crippen molar-refractivity contribution < 1.29 is 0 Å². The monoisotopic (exact) mass is 1080 g/mol. The van der Waals surface area contributed by atoms with Crippen molar-refractivity contribution in [2.75, 3.05) is 9.80 Å². The second-order valence-electron chi connectivity index (χ2n) is 29.1. The van der Waals surface area contributed by atoms with Crippen LogP contribution in [0.1, 0.15) is 137 Å². The first kappa shape index (κ1) is 50.9. The lowest BCUT2D eigenvalue weighted by molar-refractivity contribution is 0.590. The van der Waals surface area contributed by atoms with Gasteiger partial charge in [0.05, 0.1) is 50.8 Å². The molecular weight excluding hydrogens is 1010 g/mol. The van der Waals surface area contributed by atoms with Gasteiger partial charge in [0.15, 0.2) is 0 Å². The van der Waals surface area contributed by atoms with E-state index in [1.165, 1.54) is 119 Å². The van der Waals surface area contributed by atoms with Crippen LogP contribution in [0.5, 0.6) is 0 Å². The number of rotatable bonds is 2. The van der Waals surface area contributed by atoms with Gasteiger partial charge in [-0.25, -0.2) is 0 Å². The number of hydrogen-bond donors (Lipinski definition) is 0. The van der Waals surface area contributed by atoms with Gasteiger partial charge in [-0.3, -0.25) is 0 Å². The summed E-state index contributed by atoms with van der Waals surface area (Å²) < 4.78 is 7.62. The first-order valence-electron chi connectivity index (χ1n) is 29.4. The Balaban J connectivity index is 1.08. The highest BCUT2D eigenvalue weighted by atomic mass is 32.1. The Morgan fingerprint density at radius 3 is 1.49 bits per heavy atom. The molecule has 0 aliphatic carbocycles. The van der Waals surface area contributed by atoms with E-state index in [9.17, 15) is 5.26 Å². The van der Waals surface area contributed by atoms with Gasteiger partial charge in [-0.2, -0.15) is 5.26 Å². The molecule has 3 aromatic heterocycles. The van der Waals surface area contributed by atoms with Gasteiger partial charge >= 0.3 is 0 Å². The summed E-state index contributed by atoms with van der Waals surface area (Å²) in [6.07, 6.45) is 0. The molecule has 82 heavy (non-hydrogen) atoms. The van der Waals surface area contributed by atoms with E-state index < -0.39 is 0 Å². The van der Waals surface area contributed by atoms with Gasteiger partial charge in [-0.05, 0) is 168 Å². The molecule has 0 unspecified atom stereocenters. The van der Waals surface area contributed by atoms with Gasteiger partial charge < -0.3 is 18.9 Å². The summed E-state index contributed by atoms with van der Waals surface area (Å²) in [6.45, 7) is 34.8. The smallest absolute Gasteiger partial charge is 0.252 e. The number of thiophene rings is 1. The molecule has 0 saturated carbocycles. The van der Waals surface area contributed by atoms with Crippen LogP contribution in [0.4, 0.5) is 34.1 Å². The number of benzene rings is 9. The molecule has 6 heterocycles. The van der Waals surface area contributed by atoms with Gasteiger partial charge in [-0.15, -0.1) is 11.3 Å². The van der Waals surface area contributed by atoms with Crippen molar-refractivity contribution in [1.82, 2.24) is 9.13 Å². The molecule has 0 N–H and O–H groups in total. The van der Waals surface area contributed by atoms with Crippen molar-refractivity contribution in [3.63, 3.8) is 0 Å². The molecule has 0 atom stereocenters. The third-order valence-electron chi connectivity index (χ3n) is 18.6. The molecule has 3 aliphatic heterocycles. The minimum atomic E-state index is -0.175. The highest BCUT2D eigenvalue weighted by Gasteiger charge is 2.48. The summed E-state index contributed by atoms with van der Waals surface area (Å²) in [4.78, 5) is 5.09. The van der Waals surface area contributed by atoms with Crippen LogP contribution in [-0.4, -0.2) is 15.8 Å². The molecule has 12 aromatic rings. The van der Waals surface area contributed by atoms with Crippen LogP contribution in [0.2, 0.25) is 0 Å². The van der Waals surface area contributed by atoms with Crippen LogP contribution in [0.25, 0.3) is 75.2 Å². The number of hydrogen-bond acceptors (Lipinski definition) is 4. The van der Waals surface area contributed by atoms with E-state index in [1.54, 1.807) is 0 Å². The Morgan fingerprint density at radius 1 is 0.378 bits per heavy atom. The third kappa shape index (κ3) is 7.22. The van der Waals surface area contributed by atoms with Crippen molar-refractivity contribution in [1.29, 1.82) is 5.26 Å². The minimum Gasteiger partial charge on any atom is -0.311 e. The molecule has 0 radical (unpaired) electrons. The van der Waals surface area contributed by atoms with Gasteiger partial charge in [0.1, 0.15) is 0 Å². The number of anilines is 6. The first-order chi connectivity index (χ1) is 38.8. The summed E-state index contributed by atoms with van der Waals surface area (Å²) in [6, 6.07) is 61.7. The maximum absolute atomic E-state index is 11.4. The lowest BCUT2D eigenvalue weighted by Gasteiger charge is -2.47. The molecule has 9 aromatic carbocycles. The van der Waals surface area contributed by atoms with Crippen LogP contribution in [0, 0.1) is 11.3 Å². The Kier molecular flexibility index (Phi) is 10.3. The van der Waals surface area contributed by atoms with Gasteiger partial charge in [0, 0.05) is 70.2 Å². The lowest BCUT2D eigenvalue weighted by atomic mass is 9.33. The van der Waals surface area contributed by atoms with Crippen LogP contribution < -0.4 is 26.2 Å². The van der Waals surface area contributed by atoms with Crippen molar-refractivity contribution in [2.45, 2.75) is 131 Å². The van der Waals surface area contributed by atoms with Crippen LogP contribution >= 0.6 is 11.3 Å². The third-order valence-corrected chi connectivity index (χ3v) is 19.7. The topological polar surface area (TPSA) is 40.1 Å². The Hall–Kier alpha value is -8.05. The fourth-order valence-corrected chi connectivity index (χ4v) is 15.1. The molecule has 0 spiro atoms. The van der Waals surface area contributed by atoms with E-state index in [1.807, 2.05) is 11.3 Å².